The smallest absolute Gasteiger partial charge is 0.252 e. The lowest BCUT2D eigenvalue weighted by Gasteiger charge is -2.45. The van der Waals surface area contributed by atoms with Crippen molar-refractivity contribution in [2.45, 2.75) is 52.4 Å². The minimum Gasteiger partial charge on any atom is -0.311 e. The highest BCUT2D eigenvalue weighted by Gasteiger charge is 2.44. The monoisotopic (exact) mass is 1080 g/mol. The normalized spacial score (nSPS) is 12.8. The predicted molar refractivity (Wildman–Crippen MR) is 353 cm³/mol. The van der Waals surface area contributed by atoms with Crippen LogP contribution in [-0.2, 0) is 10.8 Å². The summed E-state index contributed by atoms with van der Waals surface area (Å²) in [5.41, 5.74) is 23.9. The van der Waals surface area contributed by atoms with Crippen LogP contribution in [0.5, 0.6) is 0 Å². The molecule has 13 aromatic rings. The van der Waals surface area contributed by atoms with Crippen molar-refractivity contribution in [1.82, 2.24) is 19.5 Å². The van der Waals surface area contributed by atoms with Gasteiger partial charge in [0.1, 0.15) is 0 Å². The Balaban J connectivity index is 0.965. The van der Waals surface area contributed by atoms with Crippen molar-refractivity contribution in [3.63, 3.8) is 0 Å². The van der Waals surface area contributed by atoms with E-state index in [1.807, 2.05) is 36.4 Å². The lowest BCUT2D eigenvalue weighted by Crippen LogP contribution is -2.61. The molecule has 0 atom stereocenters. The Morgan fingerprint density at radius 1 is 0.321 bits per heavy atom. The molecule has 11 aromatic carbocycles. The first-order chi connectivity index (χ1) is 40.9. The second-order valence-corrected chi connectivity index (χ2v) is 24.4. The molecule has 4 heterocycles. The first-order valence-electron chi connectivity index (χ1n) is 29.2. The summed E-state index contributed by atoms with van der Waals surface area (Å²) in [7, 11) is 0. The average molecular weight is 1080 g/mol. The summed E-state index contributed by atoms with van der Waals surface area (Å²) >= 11 is 0. The number of nitrogens with zero attached hydrogens (tertiary/aromatic N) is 6. The van der Waals surface area contributed by atoms with Crippen LogP contribution >= 0.6 is 0 Å². The van der Waals surface area contributed by atoms with Crippen LogP contribution in [0.25, 0.3) is 83.9 Å². The van der Waals surface area contributed by atoms with Crippen molar-refractivity contribution < 1.29 is 0 Å². The summed E-state index contributed by atoms with van der Waals surface area (Å²) in [5.74, 6) is 1.86. The SMILES string of the molecule is CC(C)(C)c1ccc2c(c1)c1cc(C(C)(C)C)ccc1n2-c1ccc(-c2nc(-c3ccccc3)nc(-c3ccccc3)n2)cc1-c1ccc(-c2ccc3c4c2N(c2ccccc2)c2ccccc2B4c2ccccc2N3c2ccccc2)cc1. The van der Waals surface area contributed by atoms with Crippen LogP contribution in [0.2, 0.25) is 0 Å². The van der Waals surface area contributed by atoms with Gasteiger partial charge in [0.2, 0.25) is 0 Å². The lowest BCUT2D eigenvalue weighted by atomic mass is 9.33. The number of para-hydroxylation sites is 4. The molecule has 7 heteroatoms. The van der Waals surface area contributed by atoms with Gasteiger partial charge in [-0.3, -0.25) is 0 Å². The highest BCUT2D eigenvalue weighted by atomic mass is 15.2. The van der Waals surface area contributed by atoms with Crippen molar-refractivity contribution in [2.75, 3.05) is 9.80 Å². The number of hydrogen-bond donors (Lipinski definition) is 0. The second-order valence-electron chi connectivity index (χ2n) is 24.4. The zero-order valence-corrected chi connectivity index (χ0v) is 48.1. The van der Waals surface area contributed by atoms with E-state index in [0.717, 1.165) is 67.0 Å². The maximum atomic E-state index is 5.26. The Kier molecular flexibility index (Phi) is 12.0. The number of hydrogen-bond acceptors (Lipinski definition) is 5. The molecule has 0 saturated heterocycles. The summed E-state index contributed by atoms with van der Waals surface area (Å²) in [6.45, 7) is 13.8. The highest BCUT2D eigenvalue weighted by Crippen LogP contribution is 2.49. The van der Waals surface area contributed by atoms with E-state index in [4.69, 9.17) is 15.0 Å². The Hall–Kier alpha value is -10.1. The van der Waals surface area contributed by atoms with Gasteiger partial charge in [-0.2, -0.15) is 0 Å². The second kappa shape index (κ2) is 19.8. The third kappa shape index (κ3) is 8.52. The molecule has 0 bridgehead atoms. The third-order valence-corrected chi connectivity index (χ3v) is 17.2. The van der Waals surface area contributed by atoms with E-state index in [1.165, 1.54) is 61.0 Å². The average Bonchev–Trinajstić information content (AvgIpc) is 1.34. The van der Waals surface area contributed by atoms with E-state index in [1.54, 1.807) is 0 Å². The minimum absolute atomic E-state index is 0.00256. The quantitative estimate of drug-likeness (QED) is 0.142. The van der Waals surface area contributed by atoms with Crippen LogP contribution in [0.4, 0.5) is 34.1 Å². The van der Waals surface area contributed by atoms with Gasteiger partial charge in [-0.1, -0.05) is 217 Å². The number of benzene rings is 11. The molecule has 0 spiro atoms. The first-order valence-corrected chi connectivity index (χ1v) is 29.2. The lowest BCUT2D eigenvalue weighted by molar-refractivity contribution is 0.590. The zero-order chi connectivity index (χ0) is 56.8. The molecule has 0 amide bonds. The van der Waals surface area contributed by atoms with Gasteiger partial charge in [0.05, 0.1) is 22.4 Å². The van der Waals surface area contributed by atoms with Gasteiger partial charge in [-0.25, -0.2) is 15.0 Å². The summed E-state index contributed by atoms with van der Waals surface area (Å²) < 4.78 is 2.48. The van der Waals surface area contributed by atoms with E-state index in [2.05, 4.69) is 280 Å². The van der Waals surface area contributed by atoms with Gasteiger partial charge >= 0.3 is 0 Å². The Labute approximate surface area is 492 Å². The Morgan fingerprint density at radius 2 is 0.738 bits per heavy atom. The molecule has 0 aliphatic carbocycles. The van der Waals surface area contributed by atoms with Crippen molar-refractivity contribution in [1.29, 1.82) is 0 Å². The minimum atomic E-state index is -0.0364. The van der Waals surface area contributed by atoms with E-state index < -0.39 is 0 Å². The number of anilines is 6. The molecule has 402 valence electrons. The summed E-state index contributed by atoms with van der Waals surface area (Å²) in [5, 5.41) is 2.48. The molecule has 0 N–H and O–H groups in total. The fraction of sp³-hybridized carbons (Fsp3) is 0.104. The molecule has 0 saturated carbocycles. The van der Waals surface area contributed by atoms with Gasteiger partial charge in [0.15, 0.2) is 17.5 Å². The number of aromatic nitrogens is 4. The van der Waals surface area contributed by atoms with Gasteiger partial charge in [0, 0.05) is 67.0 Å². The van der Waals surface area contributed by atoms with Crippen molar-refractivity contribution in [3.05, 3.63) is 272 Å². The number of rotatable bonds is 8. The van der Waals surface area contributed by atoms with Crippen LogP contribution < -0.4 is 26.2 Å². The molecule has 0 unspecified atom stereocenters. The maximum absolute atomic E-state index is 5.26. The van der Waals surface area contributed by atoms with Crippen molar-refractivity contribution in [2.24, 2.45) is 0 Å². The maximum Gasteiger partial charge on any atom is 0.252 e. The Bertz CT molecular complexity index is 4540. The third-order valence-electron chi connectivity index (χ3n) is 17.2. The molecule has 2 aromatic heterocycles. The molecule has 0 fully saturated rings. The molecule has 6 nitrogen and oxygen atoms in total. The molecule has 2 aliphatic rings. The fourth-order valence-electron chi connectivity index (χ4n) is 12.9. The van der Waals surface area contributed by atoms with Crippen LogP contribution in [-0.4, -0.2) is 26.2 Å². The molecular weight excluding hydrogens is 1020 g/mol. The molecule has 2 aliphatic heterocycles. The molecule has 0 radical (unpaired) electrons. The van der Waals surface area contributed by atoms with E-state index in [9.17, 15) is 0 Å². The molecule has 84 heavy (non-hydrogen) atoms. The topological polar surface area (TPSA) is 50.1 Å². The summed E-state index contributed by atoms with van der Waals surface area (Å²) in [6, 6.07) is 95.1. The summed E-state index contributed by atoms with van der Waals surface area (Å²) in [4.78, 5) is 20.6. The van der Waals surface area contributed by atoms with Crippen LogP contribution in [0.1, 0.15) is 52.7 Å². The predicted octanol–water partition coefficient (Wildman–Crippen LogP) is 18.0. The fourth-order valence-corrected chi connectivity index (χ4v) is 12.9. The molecular formula is C77H61BN6. The number of fused-ring (bicyclic) bond motifs is 7. The van der Waals surface area contributed by atoms with Gasteiger partial charge in [-0.05, 0) is 134 Å². The summed E-state index contributed by atoms with van der Waals surface area (Å²) in [6.07, 6.45) is 0. The van der Waals surface area contributed by atoms with Gasteiger partial charge < -0.3 is 14.4 Å². The van der Waals surface area contributed by atoms with Gasteiger partial charge in [0.25, 0.3) is 6.71 Å². The Morgan fingerprint density at radius 3 is 1.25 bits per heavy atom. The van der Waals surface area contributed by atoms with Crippen LogP contribution in [0.15, 0.2) is 261 Å². The van der Waals surface area contributed by atoms with E-state index >= 15 is 0 Å². The highest BCUT2D eigenvalue weighted by molar-refractivity contribution is 7.00. The largest absolute Gasteiger partial charge is 0.311 e. The van der Waals surface area contributed by atoms with Crippen LogP contribution in [0.3, 0.4) is 0 Å². The van der Waals surface area contributed by atoms with E-state index in [-0.39, 0.29) is 17.5 Å². The standard InChI is InChI=1S/C77H61BN6/c1-76(2,3)55-40-44-66-61(48-55)62-49-56(77(4,5)6)41-45-67(62)84(66)65-43-39-54(75-80-73(52-23-11-7-12-24-52)79-74(81-75)53-25-13-8-14-26-53)47-60(65)51-37-35-50(36-38-51)59-42-46-70-71-72(59)83(58-29-17-10-18-30-58)69-34-22-20-32-64(69)78(71)63-31-19-21-33-68(63)82(70)57-27-15-9-16-28-57/h7-49H,1-6H3. The van der Waals surface area contributed by atoms with Gasteiger partial charge in [-0.15, -0.1) is 0 Å². The van der Waals surface area contributed by atoms with E-state index in [0.29, 0.717) is 17.5 Å². The first kappa shape index (κ1) is 50.8. The van der Waals surface area contributed by atoms with Crippen LogP contribution in [0, 0.1) is 0 Å². The molecule has 15 rings (SSSR count). The zero-order valence-electron chi connectivity index (χ0n) is 48.1. The van der Waals surface area contributed by atoms with Crippen molar-refractivity contribution in [3.8, 4) is 62.1 Å². The van der Waals surface area contributed by atoms with Crippen molar-refractivity contribution >= 4 is 79.0 Å².